The zero-order chi connectivity index (χ0) is 24.5. The number of amides is 4. The second-order valence-corrected chi connectivity index (χ2v) is 7.86. The van der Waals surface area contributed by atoms with Crippen molar-refractivity contribution in [1.82, 2.24) is 30.8 Å². The Morgan fingerprint density at radius 3 is 2.76 bits per heavy atom. The minimum atomic E-state index is -1.16. The summed E-state index contributed by atoms with van der Waals surface area (Å²) in [5, 5.41) is 7.94. The number of ether oxygens (including phenoxy) is 1. The molecule has 0 unspecified atom stereocenters. The smallest absolute Gasteiger partial charge is 0.255 e. The van der Waals surface area contributed by atoms with Crippen molar-refractivity contribution in [2.24, 2.45) is 0 Å². The van der Waals surface area contributed by atoms with Gasteiger partial charge in [-0.15, -0.1) is 0 Å². The van der Waals surface area contributed by atoms with Gasteiger partial charge in [-0.25, -0.2) is 0 Å². The van der Waals surface area contributed by atoms with E-state index in [1.807, 2.05) is 0 Å². The number of benzene rings is 1. The molecule has 1 aliphatic rings. The second-order valence-electron chi connectivity index (χ2n) is 7.86. The van der Waals surface area contributed by atoms with Crippen LogP contribution in [0.15, 0.2) is 42.9 Å². The number of nitrogens with zero attached hydrogens (tertiary/aromatic N) is 3. The first kappa shape index (κ1) is 24.6. The highest BCUT2D eigenvalue weighted by Crippen LogP contribution is 2.18. The van der Waals surface area contributed by atoms with Crippen molar-refractivity contribution in [2.45, 2.75) is 31.8 Å². The van der Waals surface area contributed by atoms with E-state index in [2.05, 4.69) is 25.9 Å². The first-order valence-electron chi connectivity index (χ1n) is 10.9. The lowest BCUT2D eigenvalue weighted by atomic mass is 10.1. The molecule has 1 aromatic heterocycles. The van der Waals surface area contributed by atoms with Gasteiger partial charge in [0.15, 0.2) is 0 Å². The van der Waals surface area contributed by atoms with Crippen LogP contribution in [0.5, 0.6) is 5.75 Å². The lowest BCUT2D eigenvalue weighted by Crippen LogP contribution is -2.52. The molecule has 180 valence electrons. The number of rotatable bonds is 4. The molecule has 2 atom stereocenters. The predicted molar refractivity (Wildman–Crippen MR) is 122 cm³/mol. The maximum absolute atomic E-state index is 13.0. The highest BCUT2D eigenvalue weighted by Gasteiger charge is 2.28. The molecule has 0 saturated carbocycles. The molecule has 0 bridgehead atoms. The van der Waals surface area contributed by atoms with Crippen molar-refractivity contribution in [3.63, 3.8) is 0 Å². The van der Waals surface area contributed by atoms with E-state index in [9.17, 15) is 19.2 Å². The molecule has 11 heteroatoms. The Labute approximate surface area is 197 Å². The third kappa shape index (κ3) is 6.74. The topological polar surface area (TPSA) is 143 Å². The number of carbonyl (C=O) groups excluding carboxylic acids is 4. The van der Waals surface area contributed by atoms with Crippen LogP contribution in [0.1, 0.15) is 29.4 Å². The first-order valence-corrected chi connectivity index (χ1v) is 10.9. The van der Waals surface area contributed by atoms with Crippen LogP contribution < -0.4 is 20.7 Å². The molecule has 2 heterocycles. The summed E-state index contributed by atoms with van der Waals surface area (Å²) in [5.74, 6) is -1.60. The van der Waals surface area contributed by atoms with Crippen LogP contribution in [-0.2, 0) is 20.8 Å². The first-order chi connectivity index (χ1) is 16.3. The normalized spacial score (nSPS) is 19.7. The molecule has 3 N–H and O–H groups in total. The molecule has 2 aromatic rings. The van der Waals surface area contributed by atoms with E-state index < -0.39 is 29.8 Å². The molecule has 1 aromatic carbocycles. The second kappa shape index (κ2) is 11.7. The molecule has 4 amide bonds. The van der Waals surface area contributed by atoms with Crippen molar-refractivity contribution in [2.75, 3.05) is 26.7 Å². The summed E-state index contributed by atoms with van der Waals surface area (Å²) in [5.41, 5.74) is 0.915. The van der Waals surface area contributed by atoms with Crippen LogP contribution in [0.25, 0.3) is 0 Å². The summed E-state index contributed by atoms with van der Waals surface area (Å²) in [6.07, 6.45) is 4.79. The van der Waals surface area contributed by atoms with Gasteiger partial charge in [-0.3, -0.25) is 29.1 Å². The Morgan fingerprint density at radius 1 is 1.21 bits per heavy atom. The van der Waals surface area contributed by atoms with Gasteiger partial charge >= 0.3 is 0 Å². The maximum Gasteiger partial charge on any atom is 0.255 e. The third-order valence-corrected chi connectivity index (χ3v) is 5.25. The Bertz CT molecular complexity index is 1030. The summed E-state index contributed by atoms with van der Waals surface area (Å²) >= 11 is 0. The van der Waals surface area contributed by atoms with Gasteiger partial charge in [0.2, 0.25) is 17.7 Å². The SMILES string of the molecule is C[C@@H]1NC(=O)C[C@@H](C(=O)NCCc2cnccn2)NC(=O)c2ccccc2OCCN(C)C1=O. The quantitative estimate of drug-likeness (QED) is 0.558. The molecular formula is C23H28N6O5. The third-order valence-electron chi connectivity index (χ3n) is 5.25. The molecule has 3 rings (SSSR count). The summed E-state index contributed by atoms with van der Waals surface area (Å²) < 4.78 is 5.73. The van der Waals surface area contributed by atoms with Gasteiger partial charge in [-0.1, -0.05) is 12.1 Å². The zero-order valence-corrected chi connectivity index (χ0v) is 19.1. The Morgan fingerprint density at radius 2 is 2.00 bits per heavy atom. The van der Waals surface area contributed by atoms with Gasteiger partial charge in [0.1, 0.15) is 24.4 Å². The van der Waals surface area contributed by atoms with E-state index >= 15 is 0 Å². The molecule has 0 saturated heterocycles. The average Bonchev–Trinajstić information content (AvgIpc) is 2.83. The highest BCUT2D eigenvalue weighted by atomic mass is 16.5. The molecule has 34 heavy (non-hydrogen) atoms. The predicted octanol–water partition coefficient (Wildman–Crippen LogP) is -0.320. The van der Waals surface area contributed by atoms with E-state index in [4.69, 9.17) is 4.74 Å². The molecular weight excluding hydrogens is 440 g/mol. The standard InChI is InChI=1S/C23H28N6O5/c1-15-23(33)29(2)11-12-34-19-6-4-3-5-17(19)21(31)28-18(13-20(30)27-15)22(32)26-8-7-16-14-24-9-10-25-16/h3-6,9-10,14-15,18H,7-8,11-13H2,1-2H3,(H,26,32)(H,27,30)(H,28,31)/t15-,18-/m0/s1. The fraction of sp³-hybridized carbons (Fsp3) is 0.391. The largest absolute Gasteiger partial charge is 0.491 e. The number of nitrogens with one attached hydrogen (secondary N) is 3. The average molecular weight is 469 g/mol. The molecule has 0 fully saturated rings. The van der Waals surface area contributed by atoms with E-state index in [1.54, 1.807) is 56.8 Å². The molecule has 11 nitrogen and oxygen atoms in total. The summed E-state index contributed by atoms with van der Waals surface area (Å²) in [6.45, 7) is 2.23. The van der Waals surface area contributed by atoms with E-state index in [-0.39, 0.29) is 37.6 Å². The van der Waals surface area contributed by atoms with Crippen LogP contribution in [0.3, 0.4) is 0 Å². The number of likely N-dealkylation sites (N-methyl/N-ethyl adjacent to an activating group) is 1. The minimum Gasteiger partial charge on any atom is -0.491 e. The van der Waals surface area contributed by atoms with Crippen molar-refractivity contribution in [3.8, 4) is 5.75 Å². The van der Waals surface area contributed by atoms with Crippen LogP contribution in [-0.4, -0.2) is 77.3 Å². The van der Waals surface area contributed by atoms with Crippen molar-refractivity contribution < 1.29 is 23.9 Å². The number of carbonyl (C=O) groups is 4. The Balaban J connectivity index is 1.78. The van der Waals surface area contributed by atoms with Gasteiger partial charge in [0, 0.05) is 38.6 Å². The fourth-order valence-electron chi connectivity index (χ4n) is 3.40. The summed E-state index contributed by atoms with van der Waals surface area (Å²) in [7, 11) is 1.60. The lowest BCUT2D eigenvalue weighted by Gasteiger charge is -2.25. The van der Waals surface area contributed by atoms with Gasteiger partial charge in [0.25, 0.3) is 5.91 Å². The summed E-state index contributed by atoms with van der Waals surface area (Å²) in [4.78, 5) is 60.6. The Hall–Kier alpha value is -4.02. The minimum absolute atomic E-state index is 0.152. The molecule has 0 spiro atoms. The summed E-state index contributed by atoms with van der Waals surface area (Å²) in [6, 6.07) is 4.63. The van der Waals surface area contributed by atoms with Crippen molar-refractivity contribution >= 4 is 23.6 Å². The Kier molecular flexibility index (Phi) is 8.49. The van der Waals surface area contributed by atoms with Gasteiger partial charge in [-0.05, 0) is 19.1 Å². The monoisotopic (exact) mass is 468 g/mol. The lowest BCUT2D eigenvalue weighted by molar-refractivity contribution is -0.135. The zero-order valence-electron chi connectivity index (χ0n) is 19.1. The van der Waals surface area contributed by atoms with Crippen LogP contribution >= 0.6 is 0 Å². The fourth-order valence-corrected chi connectivity index (χ4v) is 3.40. The number of hydrogen-bond donors (Lipinski definition) is 3. The van der Waals surface area contributed by atoms with Gasteiger partial charge in [-0.2, -0.15) is 0 Å². The number of aromatic nitrogens is 2. The van der Waals surface area contributed by atoms with E-state index in [0.29, 0.717) is 17.9 Å². The molecule has 0 aliphatic carbocycles. The van der Waals surface area contributed by atoms with Gasteiger partial charge < -0.3 is 25.6 Å². The van der Waals surface area contributed by atoms with Crippen LogP contribution in [0.4, 0.5) is 0 Å². The highest BCUT2D eigenvalue weighted by molar-refractivity contribution is 6.01. The van der Waals surface area contributed by atoms with Crippen LogP contribution in [0.2, 0.25) is 0 Å². The van der Waals surface area contributed by atoms with E-state index in [0.717, 1.165) is 0 Å². The molecule has 0 radical (unpaired) electrons. The van der Waals surface area contributed by atoms with Crippen molar-refractivity contribution in [3.05, 3.63) is 54.1 Å². The molecule has 1 aliphatic heterocycles. The van der Waals surface area contributed by atoms with E-state index in [1.165, 1.54) is 4.90 Å². The number of fused-ring (bicyclic) bond motifs is 1. The van der Waals surface area contributed by atoms with Gasteiger partial charge in [0.05, 0.1) is 24.2 Å². The number of hydrogen-bond acceptors (Lipinski definition) is 7. The number of para-hydroxylation sites is 1. The van der Waals surface area contributed by atoms with Crippen LogP contribution in [0, 0.1) is 0 Å². The maximum atomic E-state index is 13.0. The van der Waals surface area contributed by atoms with Crippen molar-refractivity contribution in [1.29, 1.82) is 0 Å².